The van der Waals surface area contributed by atoms with Gasteiger partial charge in [0.2, 0.25) is 0 Å². The molecule has 0 spiro atoms. The maximum atomic E-state index is 12.8. The van der Waals surface area contributed by atoms with E-state index in [4.69, 9.17) is 9.15 Å². The second-order valence-corrected chi connectivity index (χ2v) is 7.13. The Bertz CT molecular complexity index is 983. The third-order valence-corrected chi connectivity index (χ3v) is 5.35. The minimum atomic E-state index is -0.0505. The summed E-state index contributed by atoms with van der Waals surface area (Å²) in [5.41, 5.74) is 3.71. The van der Waals surface area contributed by atoms with E-state index in [1.807, 2.05) is 29.3 Å². The van der Waals surface area contributed by atoms with Gasteiger partial charge < -0.3 is 14.1 Å². The van der Waals surface area contributed by atoms with Crippen LogP contribution in [0.5, 0.6) is 5.75 Å². The number of rotatable bonds is 4. The van der Waals surface area contributed by atoms with Crippen molar-refractivity contribution in [3.05, 3.63) is 53.5 Å². The number of carbonyl (C=O) groups is 1. The van der Waals surface area contributed by atoms with Crippen molar-refractivity contribution in [3.8, 4) is 16.9 Å². The van der Waals surface area contributed by atoms with Crippen LogP contribution in [0.4, 0.5) is 0 Å². The van der Waals surface area contributed by atoms with Crippen LogP contribution in [-0.4, -0.2) is 46.2 Å². The third-order valence-electron chi connectivity index (χ3n) is 5.35. The third kappa shape index (κ3) is 3.40. The summed E-state index contributed by atoms with van der Waals surface area (Å²) in [7, 11) is 1.67. The number of aromatic nitrogens is 3. The first-order chi connectivity index (χ1) is 13.6. The van der Waals surface area contributed by atoms with Crippen LogP contribution in [0.15, 0.2) is 34.9 Å². The predicted octanol–water partition coefficient (Wildman–Crippen LogP) is 3.71. The van der Waals surface area contributed by atoms with E-state index >= 15 is 0 Å². The van der Waals surface area contributed by atoms with Gasteiger partial charge in [0.05, 0.1) is 13.3 Å². The molecule has 3 heterocycles. The van der Waals surface area contributed by atoms with Crippen LogP contribution in [0, 0.1) is 13.8 Å². The lowest BCUT2D eigenvalue weighted by Crippen LogP contribution is -2.38. The minimum Gasteiger partial charge on any atom is -0.497 e. The van der Waals surface area contributed by atoms with Gasteiger partial charge in [0.1, 0.15) is 11.5 Å². The van der Waals surface area contributed by atoms with Crippen LogP contribution in [0.25, 0.3) is 11.1 Å². The van der Waals surface area contributed by atoms with Gasteiger partial charge >= 0.3 is 0 Å². The fraction of sp³-hybridized carbons (Fsp3) is 0.381. The molecule has 0 aliphatic carbocycles. The van der Waals surface area contributed by atoms with Crippen molar-refractivity contribution in [1.82, 2.24) is 20.1 Å². The first-order valence-corrected chi connectivity index (χ1v) is 9.48. The van der Waals surface area contributed by atoms with E-state index in [1.165, 1.54) is 0 Å². The normalized spacial score (nSPS) is 15.0. The average molecular weight is 380 g/mol. The van der Waals surface area contributed by atoms with Gasteiger partial charge in [-0.05, 0) is 37.5 Å². The number of amides is 1. The van der Waals surface area contributed by atoms with Crippen LogP contribution >= 0.6 is 0 Å². The second kappa shape index (κ2) is 7.50. The van der Waals surface area contributed by atoms with Crippen molar-refractivity contribution < 1.29 is 13.9 Å². The number of nitrogens with zero attached hydrogens (tertiary/aromatic N) is 3. The molecule has 2 aromatic heterocycles. The predicted molar refractivity (Wildman–Crippen MR) is 104 cm³/mol. The van der Waals surface area contributed by atoms with Crippen LogP contribution in [0.2, 0.25) is 0 Å². The van der Waals surface area contributed by atoms with Crippen molar-refractivity contribution in [1.29, 1.82) is 0 Å². The minimum absolute atomic E-state index is 0.0505. The Balaban J connectivity index is 1.48. The van der Waals surface area contributed by atoms with Crippen molar-refractivity contribution in [3.63, 3.8) is 0 Å². The van der Waals surface area contributed by atoms with Crippen molar-refractivity contribution >= 4 is 5.91 Å². The highest BCUT2D eigenvalue weighted by atomic mass is 16.5. The van der Waals surface area contributed by atoms with Crippen LogP contribution in [0.1, 0.15) is 46.6 Å². The number of carbonyl (C=O) groups excluding carboxylic acids is 1. The molecule has 1 fully saturated rings. The molecule has 1 aromatic carbocycles. The topological polar surface area (TPSA) is 84.2 Å². The fourth-order valence-electron chi connectivity index (χ4n) is 3.88. The van der Waals surface area contributed by atoms with Gasteiger partial charge in [0, 0.05) is 37.2 Å². The zero-order valence-electron chi connectivity index (χ0n) is 16.4. The molecule has 1 saturated heterocycles. The van der Waals surface area contributed by atoms with Crippen LogP contribution in [0.3, 0.4) is 0 Å². The molecule has 1 aliphatic rings. The molecule has 7 heteroatoms. The molecule has 0 unspecified atom stereocenters. The van der Waals surface area contributed by atoms with Crippen LogP contribution < -0.4 is 4.74 Å². The Labute approximate surface area is 163 Å². The number of likely N-dealkylation sites (tertiary alicyclic amines) is 1. The Hall–Kier alpha value is -3.09. The van der Waals surface area contributed by atoms with Gasteiger partial charge in [-0.3, -0.25) is 9.89 Å². The smallest absolute Gasteiger partial charge is 0.276 e. The molecule has 28 heavy (non-hydrogen) atoms. The van der Waals surface area contributed by atoms with E-state index < -0.39 is 0 Å². The highest BCUT2D eigenvalue weighted by molar-refractivity contribution is 5.93. The molecule has 146 valence electrons. The molecule has 1 amide bonds. The second-order valence-electron chi connectivity index (χ2n) is 7.13. The van der Waals surface area contributed by atoms with E-state index in [-0.39, 0.29) is 5.91 Å². The molecule has 4 rings (SSSR count). The largest absolute Gasteiger partial charge is 0.497 e. The number of H-pyrrole nitrogens is 1. The summed E-state index contributed by atoms with van der Waals surface area (Å²) in [6.45, 7) is 4.91. The van der Waals surface area contributed by atoms with Gasteiger partial charge in [-0.15, -0.1) is 0 Å². The molecule has 0 atom stereocenters. The standard InChI is InChI=1S/C21H24N4O3/c1-13-19(23-14(2)28-13)21(26)25-9-7-15(8-10-25)20-18(12-22-24-20)16-5-4-6-17(11-16)27-3/h4-6,11-12,15H,7-10H2,1-3H3,(H,22,24). The van der Waals surface area contributed by atoms with E-state index in [9.17, 15) is 4.79 Å². The van der Waals surface area contributed by atoms with E-state index in [0.29, 0.717) is 36.4 Å². The molecule has 0 radical (unpaired) electrons. The number of hydrogen-bond acceptors (Lipinski definition) is 5. The van der Waals surface area contributed by atoms with Gasteiger partial charge in [-0.1, -0.05) is 12.1 Å². The van der Waals surface area contributed by atoms with Gasteiger partial charge in [0.25, 0.3) is 5.91 Å². The Kier molecular flexibility index (Phi) is 4.90. The van der Waals surface area contributed by atoms with Gasteiger partial charge in [-0.2, -0.15) is 5.10 Å². The summed E-state index contributed by atoms with van der Waals surface area (Å²) in [5, 5.41) is 7.45. The van der Waals surface area contributed by atoms with E-state index in [0.717, 1.165) is 35.4 Å². The van der Waals surface area contributed by atoms with E-state index in [1.54, 1.807) is 21.0 Å². The monoisotopic (exact) mass is 380 g/mol. The summed E-state index contributed by atoms with van der Waals surface area (Å²) in [4.78, 5) is 18.9. The molecular weight excluding hydrogens is 356 g/mol. The Morgan fingerprint density at radius 2 is 2.07 bits per heavy atom. The highest BCUT2D eigenvalue weighted by Crippen LogP contribution is 2.35. The number of hydrogen-bond donors (Lipinski definition) is 1. The Morgan fingerprint density at radius 3 is 2.75 bits per heavy atom. The maximum Gasteiger partial charge on any atom is 0.276 e. The quantitative estimate of drug-likeness (QED) is 0.746. The number of nitrogens with one attached hydrogen (secondary N) is 1. The molecule has 0 bridgehead atoms. The number of benzene rings is 1. The number of piperidine rings is 1. The average Bonchev–Trinajstić information content (AvgIpc) is 3.34. The van der Waals surface area contributed by atoms with Crippen molar-refractivity contribution in [2.24, 2.45) is 0 Å². The van der Waals surface area contributed by atoms with Gasteiger partial charge in [-0.25, -0.2) is 4.98 Å². The summed E-state index contributed by atoms with van der Waals surface area (Å²) in [6.07, 6.45) is 3.62. The van der Waals surface area contributed by atoms with E-state index in [2.05, 4.69) is 21.2 Å². The SMILES string of the molecule is COc1cccc(-c2cn[nH]c2C2CCN(C(=O)c3nc(C)oc3C)CC2)c1. The number of ether oxygens (including phenoxy) is 1. The molecule has 1 N–H and O–H groups in total. The summed E-state index contributed by atoms with van der Waals surface area (Å²) in [5.74, 6) is 2.20. The first kappa shape index (κ1) is 18.3. The molecule has 0 saturated carbocycles. The maximum absolute atomic E-state index is 12.8. The number of oxazole rings is 1. The van der Waals surface area contributed by atoms with Crippen LogP contribution in [-0.2, 0) is 0 Å². The number of aryl methyl sites for hydroxylation is 2. The fourth-order valence-corrected chi connectivity index (χ4v) is 3.88. The lowest BCUT2D eigenvalue weighted by atomic mass is 9.89. The molecule has 7 nitrogen and oxygen atoms in total. The van der Waals surface area contributed by atoms with Gasteiger partial charge in [0.15, 0.2) is 11.6 Å². The molecule has 3 aromatic rings. The van der Waals surface area contributed by atoms with Crippen molar-refractivity contribution in [2.75, 3.05) is 20.2 Å². The molecule has 1 aliphatic heterocycles. The first-order valence-electron chi connectivity index (χ1n) is 9.48. The summed E-state index contributed by atoms with van der Waals surface area (Å²) in [6, 6.07) is 7.99. The molecular formula is C21H24N4O3. The zero-order valence-corrected chi connectivity index (χ0v) is 16.4. The summed E-state index contributed by atoms with van der Waals surface area (Å²) >= 11 is 0. The summed E-state index contributed by atoms with van der Waals surface area (Å²) < 4.78 is 10.8. The number of aromatic amines is 1. The highest BCUT2D eigenvalue weighted by Gasteiger charge is 2.29. The number of methoxy groups -OCH3 is 1. The lowest BCUT2D eigenvalue weighted by Gasteiger charge is -2.31. The van der Waals surface area contributed by atoms with Crippen molar-refractivity contribution in [2.45, 2.75) is 32.6 Å². The Morgan fingerprint density at radius 1 is 1.29 bits per heavy atom. The lowest BCUT2D eigenvalue weighted by molar-refractivity contribution is 0.0705. The zero-order chi connectivity index (χ0) is 19.7.